The molecular formula is C23H37N3O5. The molecule has 1 fully saturated rings. The van der Waals surface area contributed by atoms with Crippen LogP contribution in [0.1, 0.15) is 39.2 Å². The van der Waals surface area contributed by atoms with E-state index in [-0.39, 0.29) is 12.5 Å². The van der Waals surface area contributed by atoms with Gasteiger partial charge in [-0.05, 0) is 58.4 Å². The summed E-state index contributed by atoms with van der Waals surface area (Å²) < 4.78 is 16.6. The quantitative estimate of drug-likeness (QED) is 0.642. The number of rotatable bonds is 9. The average Bonchev–Trinajstić information content (AvgIpc) is 2.72. The Kier molecular flexibility index (Phi) is 9.58. The van der Waals surface area contributed by atoms with Crippen LogP contribution in [0.4, 0.5) is 4.79 Å². The van der Waals surface area contributed by atoms with E-state index >= 15 is 0 Å². The van der Waals surface area contributed by atoms with Crippen LogP contribution in [0.25, 0.3) is 0 Å². The summed E-state index contributed by atoms with van der Waals surface area (Å²) in [6.45, 7) is 8.77. The smallest absolute Gasteiger partial charge is 0.410 e. The monoisotopic (exact) mass is 435 g/mol. The first-order valence-electron chi connectivity index (χ1n) is 10.8. The Morgan fingerprint density at radius 3 is 2.58 bits per heavy atom. The highest BCUT2D eigenvalue weighted by Crippen LogP contribution is 2.15. The van der Waals surface area contributed by atoms with E-state index in [0.717, 1.165) is 43.9 Å². The number of benzene rings is 1. The lowest BCUT2D eigenvalue weighted by molar-refractivity contribution is -0.122. The van der Waals surface area contributed by atoms with Crippen molar-refractivity contribution in [2.75, 3.05) is 47.0 Å². The fourth-order valence-electron chi connectivity index (χ4n) is 3.24. The Hall–Kier alpha value is -2.32. The first-order valence-corrected chi connectivity index (χ1v) is 10.8. The molecule has 2 rings (SSSR count). The fraction of sp³-hybridized carbons (Fsp3) is 0.652. The standard InChI is InChI=1S/C23H37N3O5/c1-23(2,3)31-22(28)26(5)17-21(27)24-16-18-7-6-8-20(15-18)30-14-11-25(4)19-9-12-29-13-10-19/h6-8,15,19H,9-14,16-17H2,1-5H3,(H,24,27). The zero-order valence-electron chi connectivity index (χ0n) is 19.5. The molecule has 1 N–H and O–H groups in total. The number of carbonyl (C=O) groups excluding carboxylic acids is 2. The van der Waals surface area contributed by atoms with Gasteiger partial charge in [0.25, 0.3) is 0 Å². The molecule has 1 aliphatic heterocycles. The molecule has 8 nitrogen and oxygen atoms in total. The molecule has 1 aliphatic rings. The Morgan fingerprint density at radius 1 is 1.19 bits per heavy atom. The number of likely N-dealkylation sites (N-methyl/N-ethyl adjacent to an activating group) is 2. The Balaban J connectivity index is 1.72. The van der Waals surface area contributed by atoms with E-state index in [1.807, 2.05) is 24.3 Å². The van der Waals surface area contributed by atoms with Gasteiger partial charge in [-0.3, -0.25) is 9.69 Å². The van der Waals surface area contributed by atoms with Crippen LogP contribution < -0.4 is 10.1 Å². The summed E-state index contributed by atoms with van der Waals surface area (Å²) in [4.78, 5) is 27.7. The molecule has 31 heavy (non-hydrogen) atoms. The summed E-state index contributed by atoms with van der Waals surface area (Å²) in [5.74, 6) is 0.524. The van der Waals surface area contributed by atoms with E-state index in [1.165, 1.54) is 4.90 Å². The van der Waals surface area contributed by atoms with Gasteiger partial charge < -0.3 is 24.4 Å². The molecule has 0 atom stereocenters. The number of nitrogens with zero attached hydrogens (tertiary/aromatic N) is 2. The average molecular weight is 436 g/mol. The predicted molar refractivity (Wildman–Crippen MR) is 119 cm³/mol. The molecule has 1 saturated heterocycles. The third kappa shape index (κ3) is 9.57. The van der Waals surface area contributed by atoms with Crippen molar-refractivity contribution in [3.63, 3.8) is 0 Å². The highest BCUT2D eigenvalue weighted by atomic mass is 16.6. The van der Waals surface area contributed by atoms with Crippen LogP contribution in [0.2, 0.25) is 0 Å². The lowest BCUT2D eigenvalue weighted by Gasteiger charge is -2.31. The maximum absolute atomic E-state index is 12.2. The maximum Gasteiger partial charge on any atom is 0.410 e. The molecule has 8 heteroatoms. The zero-order valence-corrected chi connectivity index (χ0v) is 19.5. The Morgan fingerprint density at radius 2 is 1.90 bits per heavy atom. The number of hydrogen-bond acceptors (Lipinski definition) is 6. The van der Waals surface area contributed by atoms with E-state index < -0.39 is 11.7 Å². The minimum atomic E-state index is -0.595. The van der Waals surface area contributed by atoms with Gasteiger partial charge in [0.15, 0.2) is 0 Å². The van der Waals surface area contributed by atoms with Crippen LogP contribution in [0, 0.1) is 0 Å². The molecule has 1 aromatic rings. The second kappa shape index (κ2) is 11.9. The third-order valence-corrected chi connectivity index (χ3v) is 5.00. The molecule has 0 aliphatic carbocycles. The summed E-state index contributed by atoms with van der Waals surface area (Å²) in [5.41, 5.74) is 0.338. The van der Waals surface area contributed by atoms with Crippen LogP contribution in [-0.4, -0.2) is 80.4 Å². The minimum absolute atomic E-state index is 0.0658. The van der Waals surface area contributed by atoms with Crippen LogP contribution in [0.5, 0.6) is 5.75 Å². The number of ether oxygens (including phenoxy) is 3. The van der Waals surface area contributed by atoms with Crippen molar-refractivity contribution in [1.29, 1.82) is 0 Å². The number of amides is 2. The van der Waals surface area contributed by atoms with Gasteiger partial charge in [0.1, 0.15) is 24.5 Å². The summed E-state index contributed by atoms with van der Waals surface area (Å²) in [7, 11) is 3.67. The topological polar surface area (TPSA) is 80.3 Å². The summed E-state index contributed by atoms with van der Waals surface area (Å²) in [5, 5.41) is 2.83. The number of carbonyl (C=O) groups is 2. The van der Waals surface area contributed by atoms with Crippen LogP contribution in [0.3, 0.4) is 0 Å². The second-order valence-electron chi connectivity index (χ2n) is 8.93. The third-order valence-electron chi connectivity index (χ3n) is 5.00. The molecule has 1 heterocycles. The van der Waals surface area contributed by atoms with Gasteiger partial charge in [-0.15, -0.1) is 0 Å². The predicted octanol–water partition coefficient (Wildman–Crippen LogP) is 2.66. The van der Waals surface area contributed by atoms with Gasteiger partial charge in [0, 0.05) is 39.4 Å². The highest BCUT2D eigenvalue weighted by molar-refractivity contribution is 5.82. The van der Waals surface area contributed by atoms with Crippen molar-refractivity contribution in [3.8, 4) is 5.75 Å². The first-order chi connectivity index (χ1) is 14.6. The summed E-state index contributed by atoms with van der Waals surface area (Å²) in [6.07, 6.45) is 1.60. The van der Waals surface area contributed by atoms with Crippen LogP contribution >= 0.6 is 0 Å². The summed E-state index contributed by atoms with van der Waals surface area (Å²) >= 11 is 0. The van der Waals surface area contributed by atoms with E-state index in [0.29, 0.717) is 19.2 Å². The Bertz CT molecular complexity index is 713. The van der Waals surface area contributed by atoms with Gasteiger partial charge >= 0.3 is 6.09 Å². The minimum Gasteiger partial charge on any atom is -0.492 e. The number of nitrogens with one attached hydrogen (secondary N) is 1. The van der Waals surface area contributed by atoms with Crippen LogP contribution in [0.15, 0.2) is 24.3 Å². The zero-order chi connectivity index (χ0) is 22.9. The molecule has 2 amide bonds. The van der Waals surface area contributed by atoms with Crippen molar-refractivity contribution in [2.24, 2.45) is 0 Å². The molecule has 0 spiro atoms. The Labute approximate surface area is 185 Å². The van der Waals surface area contributed by atoms with Gasteiger partial charge in [-0.25, -0.2) is 4.79 Å². The maximum atomic E-state index is 12.2. The SMILES string of the molecule is CN(CC(=O)NCc1cccc(OCCN(C)C2CCOCC2)c1)C(=O)OC(C)(C)C. The van der Waals surface area contributed by atoms with E-state index in [2.05, 4.69) is 17.3 Å². The van der Waals surface area contributed by atoms with E-state index in [4.69, 9.17) is 14.2 Å². The van der Waals surface area contributed by atoms with Crippen molar-refractivity contribution < 1.29 is 23.8 Å². The van der Waals surface area contributed by atoms with Gasteiger partial charge in [0.05, 0.1) is 0 Å². The molecule has 0 unspecified atom stereocenters. The number of hydrogen-bond donors (Lipinski definition) is 1. The molecule has 0 aromatic heterocycles. The second-order valence-corrected chi connectivity index (χ2v) is 8.93. The molecular weight excluding hydrogens is 398 g/mol. The van der Waals surface area contributed by atoms with Crippen molar-refractivity contribution >= 4 is 12.0 Å². The largest absolute Gasteiger partial charge is 0.492 e. The molecule has 0 radical (unpaired) electrons. The summed E-state index contributed by atoms with van der Waals surface area (Å²) in [6, 6.07) is 8.23. The lowest BCUT2D eigenvalue weighted by atomic mass is 10.1. The van der Waals surface area contributed by atoms with E-state index in [9.17, 15) is 9.59 Å². The normalized spacial score (nSPS) is 14.9. The fourth-order valence-corrected chi connectivity index (χ4v) is 3.24. The molecule has 0 bridgehead atoms. The first kappa shape index (κ1) is 24.9. The molecule has 1 aromatic carbocycles. The molecule has 174 valence electrons. The van der Waals surface area contributed by atoms with Crippen molar-refractivity contribution in [2.45, 2.75) is 51.8 Å². The molecule has 0 saturated carbocycles. The van der Waals surface area contributed by atoms with Gasteiger partial charge in [-0.1, -0.05) is 12.1 Å². The van der Waals surface area contributed by atoms with E-state index in [1.54, 1.807) is 27.8 Å². The van der Waals surface area contributed by atoms with Gasteiger partial charge in [-0.2, -0.15) is 0 Å². The lowest BCUT2D eigenvalue weighted by Crippen LogP contribution is -2.40. The highest BCUT2D eigenvalue weighted by Gasteiger charge is 2.21. The van der Waals surface area contributed by atoms with Crippen LogP contribution in [-0.2, 0) is 20.8 Å². The van der Waals surface area contributed by atoms with Crippen molar-refractivity contribution in [3.05, 3.63) is 29.8 Å². The van der Waals surface area contributed by atoms with Gasteiger partial charge in [0.2, 0.25) is 5.91 Å². The van der Waals surface area contributed by atoms with Crippen molar-refractivity contribution in [1.82, 2.24) is 15.1 Å².